The van der Waals surface area contributed by atoms with Gasteiger partial charge in [0, 0.05) is 6.61 Å². The summed E-state index contributed by atoms with van der Waals surface area (Å²) in [4.78, 5) is 14.7. The highest BCUT2D eigenvalue weighted by Gasteiger charge is 2.16. The molecule has 1 atom stereocenters. The van der Waals surface area contributed by atoms with Crippen LogP contribution in [0.3, 0.4) is 0 Å². The van der Waals surface area contributed by atoms with Crippen LogP contribution < -0.4 is 5.32 Å². The summed E-state index contributed by atoms with van der Waals surface area (Å²) in [7, 11) is 0. The van der Waals surface area contributed by atoms with Gasteiger partial charge in [0.2, 0.25) is 0 Å². The Morgan fingerprint density at radius 2 is 2.39 bits per heavy atom. The number of carbonyl (C=O) groups is 1. The summed E-state index contributed by atoms with van der Waals surface area (Å²) in [5.74, 6) is 0. The Bertz CT molecular complexity index is 405. The minimum atomic E-state index is -1.05. The van der Waals surface area contributed by atoms with Crippen LogP contribution >= 0.6 is 0 Å². The highest BCUT2D eigenvalue weighted by Crippen LogP contribution is 2.10. The van der Waals surface area contributed by atoms with E-state index >= 15 is 0 Å². The molecule has 1 aliphatic rings. The number of ether oxygens (including phenoxy) is 2. The number of hydrogen-bond donors (Lipinski definition) is 2. The monoisotopic (exact) mass is 252 g/mol. The van der Waals surface area contributed by atoms with Crippen LogP contribution in [0, 0.1) is 0 Å². The number of amides is 1. The summed E-state index contributed by atoms with van der Waals surface area (Å²) < 4.78 is 10.9. The van der Waals surface area contributed by atoms with Crippen LogP contribution in [0.2, 0.25) is 0 Å². The zero-order chi connectivity index (χ0) is 12.8. The van der Waals surface area contributed by atoms with E-state index in [0.29, 0.717) is 18.9 Å². The number of nitrogens with one attached hydrogen (secondary N) is 1. The molecule has 0 bridgehead atoms. The van der Waals surface area contributed by atoms with Crippen LogP contribution in [-0.2, 0) is 22.6 Å². The number of pyridine rings is 1. The standard InChI is InChI=1S/C12H16N2O4/c15-12(16)13-6-9-2-1-3-10(14-9)7-18-11-4-5-17-8-11/h1-3,11,13H,4-8H2,(H,15,16)/t11-/m0/s1. The van der Waals surface area contributed by atoms with Crippen LogP contribution in [0.15, 0.2) is 18.2 Å². The normalized spacial score (nSPS) is 18.8. The third-order valence-electron chi connectivity index (χ3n) is 2.64. The van der Waals surface area contributed by atoms with Gasteiger partial charge in [-0.1, -0.05) is 6.07 Å². The molecular weight excluding hydrogens is 236 g/mol. The average molecular weight is 252 g/mol. The second-order valence-electron chi connectivity index (χ2n) is 4.08. The van der Waals surface area contributed by atoms with Gasteiger partial charge >= 0.3 is 6.09 Å². The van der Waals surface area contributed by atoms with Crippen molar-refractivity contribution in [2.24, 2.45) is 0 Å². The minimum absolute atomic E-state index is 0.146. The molecule has 0 saturated carbocycles. The predicted molar refractivity (Wildman–Crippen MR) is 63.1 cm³/mol. The second kappa shape index (κ2) is 6.32. The Balaban J connectivity index is 1.84. The molecule has 1 saturated heterocycles. The Morgan fingerprint density at radius 3 is 3.11 bits per heavy atom. The molecule has 0 radical (unpaired) electrons. The van der Waals surface area contributed by atoms with Crippen molar-refractivity contribution in [3.8, 4) is 0 Å². The maximum Gasteiger partial charge on any atom is 0.404 e. The van der Waals surface area contributed by atoms with Gasteiger partial charge in [0.15, 0.2) is 0 Å². The number of hydrogen-bond acceptors (Lipinski definition) is 4. The smallest absolute Gasteiger partial charge is 0.404 e. The highest BCUT2D eigenvalue weighted by atomic mass is 16.5. The predicted octanol–water partition coefficient (Wildman–Crippen LogP) is 1.15. The first-order valence-electron chi connectivity index (χ1n) is 5.85. The molecule has 0 aromatic carbocycles. The molecule has 6 heteroatoms. The molecule has 1 amide bonds. The molecule has 0 spiro atoms. The van der Waals surface area contributed by atoms with Gasteiger partial charge in [-0.2, -0.15) is 0 Å². The van der Waals surface area contributed by atoms with Crippen LogP contribution in [0.1, 0.15) is 17.8 Å². The Morgan fingerprint density at radius 1 is 1.56 bits per heavy atom. The number of rotatable bonds is 5. The lowest BCUT2D eigenvalue weighted by molar-refractivity contribution is 0.0301. The maximum atomic E-state index is 10.4. The molecule has 2 heterocycles. The molecule has 1 fully saturated rings. The highest BCUT2D eigenvalue weighted by molar-refractivity contribution is 5.64. The van der Waals surface area contributed by atoms with Crippen LogP contribution in [-0.4, -0.2) is 35.5 Å². The molecule has 1 aliphatic heterocycles. The third-order valence-corrected chi connectivity index (χ3v) is 2.64. The van der Waals surface area contributed by atoms with Gasteiger partial charge in [-0.3, -0.25) is 4.98 Å². The molecule has 98 valence electrons. The third kappa shape index (κ3) is 3.97. The Hall–Kier alpha value is -1.66. The van der Waals surface area contributed by atoms with Crippen LogP contribution in [0.5, 0.6) is 0 Å². The van der Waals surface area contributed by atoms with Crippen molar-refractivity contribution in [1.29, 1.82) is 0 Å². The Kier molecular flexibility index (Phi) is 4.49. The van der Waals surface area contributed by atoms with Gasteiger partial charge in [-0.25, -0.2) is 4.79 Å². The molecular formula is C12H16N2O4. The van der Waals surface area contributed by atoms with Crippen LogP contribution in [0.4, 0.5) is 4.79 Å². The molecule has 2 rings (SSSR count). The van der Waals surface area contributed by atoms with E-state index in [1.807, 2.05) is 12.1 Å². The molecule has 18 heavy (non-hydrogen) atoms. The fourth-order valence-electron chi connectivity index (χ4n) is 1.72. The number of carboxylic acid groups (broad SMARTS) is 1. The quantitative estimate of drug-likeness (QED) is 0.821. The van der Waals surface area contributed by atoms with E-state index in [1.165, 1.54) is 0 Å². The fraction of sp³-hybridized carbons (Fsp3) is 0.500. The van der Waals surface area contributed by atoms with E-state index in [2.05, 4.69) is 10.3 Å². The van der Waals surface area contributed by atoms with Gasteiger partial charge in [0.1, 0.15) is 0 Å². The SMILES string of the molecule is O=C(O)NCc1cccc(CO[C@H]2CCOC2)n1. The first-order chi connectivity index (χ1) is 8.74. The first kappa shape index (κ1) is 12.8. The zero-order valence-electron chi connectivity index (χ0n) is 9.96. The van der Waals surface area contributed by atoms with E-state index in [0.717, 1.165) is 18.7 Å². The van der Waals surface area contributed by atoms with E-state index in [-0.39, 0.29) is 12.6 Å². The second-order valence-corrected chi connectivity index (χ2v) is 4.08. The number of aromatic nitrogens is 1. The Labute approximate surface area is 105 Å². The van der Waals surface area contributed by atoms with Crippen molar-refractivity contribution < 1.29 is 19.4 Å². The summed E-state index contributed by atoms with van der Waals surface area (Å²) in [5, 5.41) is 10.8. The van der Waals surface area contributed by atoms with Crippen molar-refractivity contribution in [3.05, 3.63) is 29.6 Å². The zero-order valence-corrected chi connectivity index (χ0v) is 9.96. The lowest BCUT2D eigenvalue weighted by Gasteiger charge is -2.10. The minimum Gasteiger partial charge on any atom is -0.465 e. The van der Waals surface area contributed by atoms with Crippen LogP contribution in [0.25, 0.3) is 0 Å². The largest absolute Gasteiger partial charge is 0.465 e. The summed E-state index contributed by atoms with van der Waals surface area (Å²) in [6.07, 6.45) is 0.00874. The van der Waals surface area contributed by atoms with E-state index in [9.17, 15) is 4.79 Å². The molecule has 1 aromatic rings. The van der Waals surface area contributed by atoms with Crippen molar-refractivity contribution in [2.45, 2.75) is 25.7 Å². The summed E-state index contributed by atoms with van der Waals surface area (Å²) in [6.45, 7) is 2.02. The molecule has 0 aliphatic carbocycles. The molecule has 1 aromatic heterocycles. The van der Waals surface area contributed by atoms with Crippen molar-refractivity contribution in [2.75, 3.05) is 13.2 Å². The lowest BCUT2D eigenvalue weighted by Crippen LogP contribution is -2.21. The lowest BCUT2D eigenvalue weighted by atomic mass is 10.3. The first-order valence-corrected chi connectivity index (χ1v) is 5.85. The van der Waals surface area contributed by atoms with Gasteiger partial charge in [-0.15, -0.1) is 0 Å². The summed E-state index contributed by atoms with van der Waals surface area (Å²) in [5.41, 5.74) is 1.48. The fourth-order valence-corrected chi connectivity index (χ4v) is 1.72. The molecule has 2 N–H and O–H groups in total. The number of nitrogens with zero attached hydrogens (tertiary/aromatic N) is 1. The van der Waals surface area contributed by atoms with Crippen molar-refractivity contribution in [1.82, 2.24) is 10.3 Å². The van der Waals surface area contributed by atoms with Gasteiger partial charge < -0.3 is 19.9 Å². The van der Waals surface area contributed by atoms with E-state index < -0.39 is 6.09 Å². The summed E-state index contributed by atoms with van der Waals surface area (Å²) >= 11 is 0. The van der Waals surface area contributed by atoms with Gasteiger partial charge in [-0.05, 0) is 18.6 Å². The van der Waals surface area contributed by atoms with Gasteiger partial charge in [0.05, 0.1) is 37.3 Å². The van der Waals surface area contributed by atoms with Gasteiger partial charge in [0.25, 0.3) is 0 Å². The van der Waals surface area contributed by atoms with E-state index in [1.54, 1.807) is 6.07 Å². The van der Waals surface area contributed by atoms with E-state index in [4.69, 9.17) is 14.6 Å². The topological polar surface area (TPSA) is 80.7 Å². The maximum absolute atomic E-state index is 10.4. The average Bonchev–Trinajstić information content (AvgIpc) is 2.87. The van der Waals surface area contributed by atoms with Crippen molar-refractivity contribution >= 4 is 6.09 Å². The molecule has 6 nitrogen and oxygen atoms in total. The van der Waals surface area contributed by atoms with Crippen molar-refractivity contribution in [3.63, 3.8) is 0 Å². The summed E-state index contributed by atoms with van der Waals surface area (Å²) in [6, 6.07) is 5.48. The molecule has 0 unspecified atom stereocenters.